The van der Waals surface area contributed by atoms with Crippen LogP contribution in [0.15, 0.2) is 18.2 Å². The summed E-state index contributed by atoms with van der Waals surface area (Å²) in [5, 5.41) is 2.85. The van der Waals surface area contributed by atoms with Crippen LogP contribution in [0.25, 0.3) is 0 Å². The number of likely N-dealkylation sites (N-methyl/N-ethyl adjacent to an activating group) is 1. The van der Waals surface area contributed by atoms with Crippen LogP contribution in [0.1, 0.15) is 20.3 Å². The second-order valence-corrected chi connectivity index (χ2v) is 4.76. The van der Waals surface area contributed by atoms with E-state index in [1.54, 1.807) is 20.9 Å². The van der Waals surface area contributed by atoms with Gasteiger partial charge in [-0.1, -0.05) is 6.07 Å². The van der Waals surface area contributed by atoms with Crippen molar-refractivity contribution in [2.24, 2.45) is 0 Å². The lowest BCUT2D eigenvalue weighted by Gasteiger charge is -2.29. The Kier molecular flexibility index (Phi) is 5.44. The van der Waals surface area contributed by atoms with Crippen molar-refractivity contribution in [3.05, 3.63) is 29.8 Å². The summed E-state index contributed by atoms with van der Waals surface area (Å²) in [6.07, 6.45) is -0.269. The van der Waals surface area contributed by atoms with Gasteiger partial charge in [0, 0.05) is 6.42 Å². The molecule has 2 unspecified atom stereocenters. The molecule has 6 heteroatoms. The van der Waals surface area contributed by atoms with Crippen LogP contribution in [0.3, 0.4) is 0 Å². The number of halogens is 2. The van der Waals surface area contributed by atoms with Crippen LogP contribution in [-0.2, 0) is 9.53 Å². The number of hydrogen-bond acceptors (Lipinski definition) is 4. The monoisotopic (exact) mass is 287 g/mol. The molecule has 0 saturated heterocycles. The number of nitrogens with one attached hydrogen (secondary N) is 1. The van der Waals surface area contributed by atoms with Gasteiger partial charge in [-0.2, -0.15) is 4.39 Å². The number of carbonyl (C=O) groups is 1. The van der Waals surface area contributed by atoms with E-state index >= 15 is 0 Å². The van der Waals surface area contributed by atoms with Gasteiger partial charge in [-0.05, 0) is 33.0 Å². The second kappa shape index (κ2) is 6.65. The van der Waals surface area contributed by atoms with Gasteiger partial charge in [0.1, 0.15) is 5.54 Å². The van der Waals surface area contributed by atoms with E-state index in [0.717, 1.165) is 6.07 Å². The lowest BCUT2D eigenvalue weighted by molar-refractivity contribution is -0.148. The van der Waals surface area contributed by atoms with Gasteiger partial charge < -0.3 is 14.8 Å². The van der Waals surface area contributed by atoms with Crippen molar-refractivity contribution < 1.29 is 23.0 Å². The van der Waals surface area contributed by atoms with Crippen LogP contribution in [-0.4, -0.2) is 31.8 Å². The van der Waals surface area contributed by atoms with Gasteiger partial charge in [-0.3, -0.25) is 4.79 Å². The maximum Gasteiger partial charge on any atom is 0.325 e. The predicted octanol–water partition coefficient (Wildman–Crippen LogP) is 2.27. The topological polar surface area (TPSA) is 47.6 Å². The summed E-state index contributed by atoms with van der Waals surface area (Å²) >= 11 is 0. The average Bonchev–Trinajstić information content (AvgIpc) is 2.42. The summed E-state index contributed by atoms with van der Waals surface area (Å²) < 4.78 is 36.6. The number of carbonyl (C=O) groups excluding carboxylic acids is 1. The first kappa shape index (κ1) is 16.4. The minimum Gasteiger partial charge on any atom is -0.487 e. The molecule has 1 rings (SSSR count). The third kappa shape index (κ3) is 3.66. The molecule has 1 N–H and O–H groups in total. The largest absolute Gasteiger partial charge is 0.487 e. The van der Waals surface area contributed by atoms with Crippen molar-refractivity contribution in [1.29, 1.82) is 0 Å². The molecule has 0 aromatic heterocycles. The van der Waals surface area contributed by atoms with Crippen molar-refractivity contribution in [2.75, 3.05) is 14.2 Å². The first-order valence-corrected chi connectivity index (χ1v) is 6.22. The molecule has 2 atom stereocenters. The third-order valence-electron chi connectivity index (χ3n) is 3.13. The fourth-order valence-corrected chi connectivity index (χ4v) is 1.92. The number of rotatable bonds is 6. The lowest BCUT2D eigenvalue weighted by Crippen LogP contribution is -2.50. The average molecular weight is 287 g/mol. The van der Waals surface area contributed by atoms with E-state index in [-0.39, 0.29) is 12.2 Å². The molecule has 0 radical (unpaired) electrons. The molecule has 0 bridgehead atoms. The van der Waals surface area contributed by atoms with E-state index in [9.17, 15) is 13.6 Å². The Hall–Kier alpha value is -1.69. The van der Waals surface area contributed by atoms with Crippen LogP contribution < -0.4 is 10.1 Å². The quantitative estimate of drug-likeness (QED) is 0.815. The zero-order chi connectivity index (χ0) is 15.3. The minimum atomic E-state index is -1.04. The van der Waals surface area contributed by atoms with Gasteiger partial charge in [0.2, 0.25) is 5.82 Å². The molecule has 0 fully saturated rings. The van der Waals surface area contributed by atoms with Crippen LogP contribution in [0.5, 0.6) is 5.75 Å². The molecule has 0 saturated carbocycles. The van der Waals surface area contributed by atoms with Crippen LogP contribution >= 0.6 is 0 Å². The van der Waals surface area contributed by atoms with E-state index in [2.05, 4.69) is 5.32 Å². The molecule has 20 heavy (non-hydrogen) atoms. The highest BCUT2D eigenvalue weighted by Crippen LogP contribution is 2.23. The smallest absolute Gasteiger partial charge is 0.325 e. The molecular formula is C14H19F2NO3. The molecule has 0 amide bonds. The molecule has 112 valence electrons. The van der Waals surface area contributed by atoms with Gasteiger partial charge in [0.25, 0.3) is 0 Å². The molecule has 1 aromatic carbocycles. The summed E-state index contributed by atoms with van der Waals surface area (Å²) in [6, 6.07) is 3.71. The Bertz CT molecular complexity index is 481. The Morgan fingerprint density at radius 2 is 2.10 bits per heavy atom. The molecule has 0 heterocycles. The molecule has 1 aromatic rings. The minimum absolute atomic E-state index is 0.180. The molecule has 4 nitrogen and oxygen atoms in total. The Labute approximate surface area is 117 Å². The van der Waals surface area contributed by atoms with E-state index in [1.807, 2.05) is 0 Å². The van der Waals surface area contributed by atoms with E-state index in [4.69, 9.17) is 9.47 Å². The molecule has 0 aliphatic carbocycles. The molecule has 0 aliphatic heterocycles. The zero-order valence-electron chi connectivity index (χ0n) is 12.0. The second-order valence-electron chi connectivity index (χ2n) is 4.76. The van der Waals surface area contributed by atoms with E-state index in [0.29, 0.717) is 0 Å². The van der Waals surface area contributed by atoms with Gasteiger partial charge >= 0.3 is 5.97 Å². The first-order valence-electron chi connectivity index (χ1n) is 6.22. The molecular weight excluding hydrogens is 268 g/mol. The van der Waals surface area contributed by atoms with Crippen molar-refractivity contribution in [2.45, 2.75) is 31.9 Å². The molecule has 0 spiro atoms. The Balaban J connectivity index is 2.79. The first-order chi connectivity index (χ1) is 9.34. The highest BCUT2D eigenvalue weighted by Gasteiger charge is 2.35. The van der Waals surface area contributed by atoms with E-state index < -0.39 is 29.2 Å². The number of benzene rings is 1. The lowest BCUT2D eigenvalue weighted by atomic mass is 9.95. The van der Waals surface area contributed by atoms with Crippen molar-refractivity contribution in [3.8, 4) is 5.75 Å². The predicted molar refractivity (Wildman–Crippen MR) is 70.5 cm³/mol. The van der Waals surface area contributed by atoms with Crippen molar-refractivity contribution in [1.82, 2.24) is 5.32 Å². The summed E-state index contributed by atoms with van der Waals surface area (Å²) in [5.41, 5.74) is -0.960. The number of esters is 1. The maximum atomic E-state index is 13.5. The van der Waals surface area contributed by atoms with Crippen LogP contribution in [0.2, 0.25) is 0 Å². The fraction of sp³-hybridized carbons (Fsp3) is 0.500. The number of methoxy groups -OCH3 is 1. The maximum absolute atomic E-state index is 13.5. The summed E-state index contributed by atoms with van der Waals surface area (Å²) in [5.74, 6) is -2.64. The highest BCUT2D eigenvalue weighted by atomic mass is 19.2. The van der Waals surface area contributed by atoms with Crippen LogP contribution in [0, 0.1) is 11.6 Å². The summed E-state index contributed by atoms with van der Waals surface area (Å²) in [4.78, 5) is 11.7. The van der Waals surface area contributed by atoms with E-state index in [1.165, 1.54) is 19.2 Å². The fourth-order valence-electron chi connectivity index (χ4n) is 1.92. The summed E-state index contributed by atoms with van der Waals surface area (Å²) in [6.45, 7) is 3.32. The van der Waals surface area contributed by atoms with Crippen molar-refractivity contribution in [3.63, 3.8) is 0 Å². The Morgan fingerprint density at radius 1 is 1.45 bits per heavy atom. The number of ether oxygens (including phenoxy) is 2. The molecule has 0 aliphatic rings. The van der Waals surface area contributed by atoms with Crippen molar-refractivity contribution >= 4 is 5.97 Å². The third-order valence-corrected chi connectivity index (χ3v) is 3.13. The zero-order valence-corrected chi connectivity index (χ0v) is 12.0. The SMILES string of the molecule is CNC(C)(CC(C)Oc1cccc(F)c1F)C(=O)OC. The highest BCUT2D eigenvalue weighted by molar-refractivity contribution is 5.80. The Morgan fingerprint density at radius 3 is 2.65 bits per heavy atom. The van der Waals surface area contributed by atoms with Gasteiger partial charge in [0.05, 0.1) is 13.2 Å². The van der Waals surface area contributed by atoms with Gasteiger partial charge in [-0.15, -0.1) is 0 Å². The number of hydrogen-bond donors (Lipinski definition) is 1. The summed E-state index contributed by atoms with van der Waals surface area (Å²) in [7, 11) is 2.90. The normalized spacial score (nSPS) is 15.3. The van der Waals surface area contributed by atoms with Gasteiger partial charge in [0.15, 0.2) is 11.6 Å². The standard InChI is InChI=1S/C14H19F2NO3/c1-9(8-14(2,17-3)13(18)19-4)20-11-7-5-6-10(15)12(11)16/h5-7,9,17H,8H2,1-4H3. The van der Waals surface area contributed by atoms with Gasteiger partial charge in [-0.25, -0.2) is 4.39 Å². The van der Waals surface area contributed by atoms with Crippen LogP contribution in [0.4, 0.5) is 8.78 Å².